The number of hydrogen-bond acceptors (Lipinski definition) is 7. The molecular weight excluding hydrogens is 418 g/mol. The molecule has 0 fully saturated rings. The van der Waals surface area contributed by atoms with Crippen LogP contribution < -0.4 is 15.0 Å². The van der Waals surface area contributed by atoms with Gasteiger partial charge in [0.2, 0.25) is 5.88 Å². The van der Waals surface area contributed by atoms with Gasteiger partial charge in [-0.05, 0) is 37.6 Å². The molecular formula is C21H15N5O4S. The van der Waals surface area contributed by atoms with Crippen molar-refractivity contribution in [2.75, 3.05) is 10.2 Å². The number of ether oxygens (including phenoxy) is 1. The lowest BCUT2D eigenvalue weighted by molar-refractivity contribution is 0.0703. The number of nitrogens with zero attached hydrogens (tertiary/aromatic N) is 4. The fraction of sp³-hybridized carbons (Fsp3) is 0.0952. The third kappa shape index (κ3) is 3.13. The lowest BCUT2D eigenvalue weighted by Gasteiger charge is -2.29. The van der Waals surface area contributed by atoms with Gasteiger partial charge in [-0.15, -0.1) is 11.3 Å². The molecule has 2 N–H and O–H groups in total. The van der Waals surface area contributed by atoms with Gasteiger partial charge in [-0.2, -0.15) is 0 Å². The molecule has 0 spiro atoms. The zero-order valence-electron chi connectivity index (χ0n) is 16.4. The molecule has 0 aromatic carbocycles. The Morgan fingerprint density at radius 1 is 1.16 bits per heavy atom. The van der Waals surface area contributed by atoms with Crippen LogP contribution in [-0.4, -0.2) is 32.1 Å². The highest BCUT2D eigenvalue weighted by Gasteiger charge is 2.35. The van der Waals surface area contributed by atoms with Gasteiger partial charge in [-0.25, -0.2) is 19.6 Å². The van der Waals surface area contributed by atoms with E-state index in [2.05, 4.69) is 20.3 Å². The fourth-order valence-electron chi connectivity index (χ4n) is 3.42. The van der Waals surface area contributed by atoms with Crippen molar-refractivity contribution in [3.63, 3.8) is 0 Å². The lowest BCUT2D eigenvalue weighted by Crippen LogP contribution is -2.35. The molecule has 0 bridgehead atoms. The quantitative estimate of drug-likeness (QED) is 0.471. The third-order valence-electron chi connectivity index (χ3n) is 4.83. The molecule has 5 rings (SSSR count). The molecule has 0 aliphatic carbocycles. The first-order valence-electron chi connectivity index (χ1n) is 9.25. The van der Waals surface area contributed by atoms with Gasteiger partial charge in [0, 0.05) is 18.0 Å². The molecule has 0 radical (unpaired) electrons. The fourth-order valence-corrected chi connectivity index (χ4v) is 4.41. The highest BCUT2D eigenvalue weighted by Crippen LogP contribution is 2.47. The van der Waals surface area contributed by atoms with Crippen LogP contribution in [0.3, 0.4) is 0 Å². The number of rotatable bonds is 4. The summed E-state index contributed by atoms with van der Waals surface area (Å²) in [4.78, 5) is 39.6. The Bertz CT molecular complexity index is 1370. The summed E-state index contributed by atoms with van der Waals surface area (Å²) in [6.07, 6.45) is 4.63. The average Bonchev–Trinajstić information content (AvgIpc) is 3.12. The summed E-state index contributed by atoms with van der Waals surface area (Å²) >= 11 is 1.03. The largest absolute Gasteiger partial charge is 0.477 e. The zero-order chi connectivity index (χ0) is 21.7. The van der Waals surface area contributed by atoms with E-state index in [1.165, 1.54) is 11.1 Å². The number of thiophene rings is 1. The maximum atomic E-state index is 13.0. The van der Waals surface area contributed by atoms with Crippen LogP contribution in [0.25, 0.3) is 10.2 Å². The van der Waals surface area contributed by atoms with Crippen molar-refractivity contribution in [1.82, 2.24) is 15.0 Å². The van der Waals surface area contributed by atoms with Gasteiger partial charge < -0.3 is 15.2 Å². The minimum absolute atomic E-state index is 0.0373. The number of nitrogens with one attached hydrogen (secondary N) is 1. The van der Waals surface area contributed by atoms with Crippen molar-refractivity contribution < 1.29 is 19.4 Å². The smallest absolute Gasteiger partial charge is 0.348 e. The van der Waals surface area contributed by atoms with E-state index in [-0.39, 0.29) is 4.88 Å². The van der Waals surface area contributed by atoms with Crippen molar-refractivity contribution in [3.8, 4) is 11.6 Å². The van der Waals surface area contributed by atoms with Crippen LogP contribution in [0.1, 0.15) is 20.9 Å². The second-order valence-electron chi connectivity index (χ2n) is 6.94. The Hall–Kier alpha value is -4.05. The molecule has 4 aromatic heterocycles. The highest BCUT2D eigenvalue weighted by molar-refractivity contribution is 7.21. The van der Waals surface area contributed by atoms with Gasteiger partial charge >= 0.3 is 12.0 Å². The molecule has 4 aromatic rings. The van der Waals surface area contributed by atoms with E-state index in [0.717, 1.165) is 17.0 Å². The molecule has 0 saturated heterocycles. The molecule has 1 aliphatic rings. The predicted molar refractivity (Wildman–Crippen MR) is 116 cm³/mol. The average molecular weight is 433 g/mol. The topological polar surface area (TPSA) is 118 Å². The van der Waals surface area contributed by atoms with Crippen LogP contribution in [-0.2, 0) is 0 Å². The summed E-state index contributed by atoms with van der Waals surface area (Å²) in [7, 11) is 0. The predicted octanol–water partition coefficient (Wildman–Crippen LogP) is 4.88. The first kappa shape index (κ1) is 18.9. The summed E-state index contributed by atoms with van der Waals surface area (Å²) in [6, 6.07) is 6.48. The maximum Gasteiger partial charge on any atom is 0.348 e. The van der Waals surface area contributed by atoms with Gasteiger partial charge in [0.25, 0.3) is 0 Å². The molecule has 154 valence electrons. The van der Waals surface area contributed by atoms with Crippen molar-refractivity contribution in [3.05, 3.63) is 59.0 Å². The Morgan fingerprint density at radius 2 is 2.00 bits per heavy atom. The molecule has 5 heterocycles. The number of pyridine rings is 3. The molecule has 0 saturated carbocycles. The van der Waals surface area contributed by atoms with Crippen molar-refractivity contribution in [1.29, 1.82) is 0 Å². The second kappa shape index (κ2) is 7.03. The number of hydrogen-bond donors (Lipinski definition) is 2. The molecule has 31 heavy (non-hydrogen) atoms. The van der Waals surface area contributed by atoms with E-state index in [9.17, 15) is 14.7 Å². The van der Waals surface area contributed by atoms with Crippen LogP contribution >= 0.6 is 11.3 Å². The van der Waals surface area contributed by atoms with E-state index in [1.54, 1.807) is 37.5 Å². The summed E-state index contributed by atoms with van der Waals surface area (Å²) in [5, 5.41) is 13.1. The van der Waals surface area contributed by atoms with E-state index < -0.39 is 12.0 Å². The van der Waals surface area contributed by atoms with Crippen LogP contribution in [0.5, 0.6) is 11.6 Å². The summed E-state index contributed by atoms with van der Waals surface area (Å²) in [5.74, 6) is -0.255. The first-order valence-corrected chi connectivity index (χ1v) is 10.1. The van der Waals surface area contributed by atoms with Gasteiger partial charge in [0.15, 0.2) is 0 Å². The number of carbonyl (C=O) groups excluding carboxylic acids is 1. The number of carboxylic acids is 1. The van der Waals surface area contributed by atoms with E-state index in [1.807, 2.05) is 13.0 Å². The number of aromatic nitrogens is 3. The van der Waals surface area contributed by atoms with Gasteiger partial charge in [-0.1, -0.05) is 0 Å². The SMILES string of the molecule is Cc1ccc(Oc2cc(C)c(N3C(=O)Nc4ccnc5sc(C(=O)O)c3c45)cn2)cn1. The zero-order valence-corrected chi connectivity index (χ0v) is 17.2. The molecule has 9 nitrogen and oxygen atoms in total. The first-order chi connectivity index (χ1) is 14.9. The highest BCUT2D eigenvalue weighted by atomic mass is 32.1. The monoisotopic (exact) mass is 433 g/mol. The van der Waals surface area contributed by atoms with E-state index >= 15 is 0 Å². The van der Waals surface area contributed by atoms with Crippen molar-refractivity contribution in [2.24, 2.45) is 0 Å². The second-order valence-corrected chi connectivity index (χ2v) is 7.93. The number of carbonyl (C=O) groups is 2. The lowest BCUT2D eigenvalue weighted by atomic mass is 10.1. The van der Waals surface area contributed by atoms with Gasteiger partial charge in [-0.3, -0.25) is 9.88 Å². The van der Waals surface area contributed by atoms with Crippen LogP contribution in [0.4, 0.5) is 21.9 Å². The minimum atomic E-state index is -1.12. The molecule has 0 atom stereocenters. The number of aryl methyl sites for hydroxylation is 2. The standard InChI is InChI=1S/C21H15N5O4S/c1-10-7-15(30-12-4-3-11(2)23-8-12)24-9-14(10)26-17-16-13(25-21(26)29)5-6-22-19(16)31-18(17)20(27)28/h3-9H,1-2H3,(H,25,29)(H,27,28). The Balaban J connectivity index is 1.60. The molecule has 1 aliphatic heterocycles. The van der Waals surface area contributed by atoms with Crippen LogP contribution in [0.15, 0.2) is 42.9 Å². The minimum Gasteiger partial charge on any atom is -0.477 e. The van der Waals surface area contributed by atoms with Crippen LogP contribution in [0.2, 0.25) is 0 Å². The van der Waals surface area contributed by atoms with Gasteiger partial charge in [0.1, 0.15) is 15.5 Å². The Labute approximate surface area is 180 Å². The van der Waals surface area contributed by atoms with Gasteiger partial charge in [0.05, 0.1) is 34.8 Å². The number of carboxylic acid groups (broad SMARTS) is 1. The van der Waals surface area contributed by atoms with Crippen LogP contribution in [0, 0.1) is 13.8 Å². The summed E-state index contributed by atoms with van der Waals surface area (Å²) in [5.41, 5.74) is 2.82. The molecule has 0 unspecified atom stereocenters. The van der Waals surface area contributed by atoms with E-state index in [4.69, 9.17) is 4.74 Å². The van der Waals surface area contributed by atoms with Crippen molar-refractivity contribution in [2.45, 2.75) is 13.8 Å². The molecule has 2 amide bonds. The number of amides is 2. The Kier molecular flexibility index (Phi) is 4.29. The van der Waals surface area contributed by atoms with E-state index in [0.29, 0.717) is 44.5 Å². The molecule has 10 heteroatoms. The number of urea groups is 1. The Morgan fingerprint density at radius 3 is 2.71 bits per heavy atom. The third-order valence-corrected chi connectivity index (χ3v) is 5.91. The normalized spacial score (nSPS) is 12.7. The summed E-state index contributed by atoms with van der Waals surface area (Å²) in [6.45, 7) is 3.68. The van der Waals surface area contributed by atoms with Crippen molar-refractivity contribution >= 4 is 50.6 Å². The maximum absolute atomic E-state index is 13.0. The number of aromatic carboxylic acids is 1. The number of anilines is 3. The summed E-state index contributed by atoms with van der Waals surface area (Å²) < 4.78 is 5.75.